The highest BCUT2D eigenvalue weighted by molar-refractivity contribution is 9.10. The average Bonchev–Trinajstić information content (AvgIpc) is 2.19. The maximum absolute atomic E-state index is 13.3. The summed E-state index contributed by atoms with van der Waals surface area (Å²) >= 11 is 3.06. The summed E-state index contributed by atoms with van der Waals surface area (Å²) in [7, 11) is 0. The van der Waals surface area contributed by atoms with E-state index in [1.807, 2.05) is 0 Å². The van der Waals surface area contributed by atoms with Gasteiger partial charge in [0.15, 0.2) is 0 Å². The highest BCUT2D eigenvalue weighted by Gasteiger charge is 2.34. The van der Waals surface area contributed by atoms with E-state index < -0.39 is 5.60 Å². The minimum absolute atomic E-state index is 0.345. The molecule has 1 saturated carbocycles. The van der Waals surface area contributed by atoms with Crippen LogP contribution in [0.3, 0.4) is 0 Å². The molecule has 0 saturated heterocycles. The van der Waals surface area contributed by atoms with Gasteiger partial charge in [-0.1, -0.05) is 0 Å². The molecule has 1 aliphatic carbocycles. The average molecular weight is 289 g/mol. The number of anilines is 2. The Morgan fingerprint density at radius 3 is 2.75 bits per heavy atom. The molecule has 0 heterocycles. The topological polar surface area (TPSA) is 58.3 Å². The van der Waals surface area contributed by atoms with Crippen molar-refractivity contribution in [1.82, 2.24) is 0 Å². The molecule has 16 heavy (non-hydrogen) atoms. The Balaban J connectivity index is 2.06. The summed E-state index contributed by atoms with van der Waals surface area (Å²) in [4.78, 5) is 0. The molecule has 1 aromatic rings. The second-order valence-electron chi connectivity index (χ2n) is 4.29. The fraction of sp³-hybridized carbons (Fsp3) is 0.455. The summed E-state index contributed by atoms with van der Waals surface area (Å²) in [6.45, 7) is 0.415. The van der Waals surface area contributed by atoms with Crippen LogP contribution in [0, 0.1) is 5.82 Å². The van der Waals surface area contributed by atoms with Crippen LogP contribution < -0.4 is 11.1 Å². The van der Waals surface area contributed by atoms with Crippen molar-refractivity contribution in [3.63, 3.8) is 0 Å². The third-order valence-corrected chi connectivity index (χ3v) is 3.59. The molecular formula is C11H14BrFN2O. The predicted molar refractivity (Wildman–Crippen MR) is 65.8 cm³/mol. The molecule has 1 aromatic carbocycles. The largest absolute Gasteiger partial charge is 0.397 e. The molecule has 88 valence electrons. The molecule has 0 aliphatic heterocycles. The summed E-state index contributed by atoms with van der Waals surface area (Å²) in [5.74, 6) is -0.364. The normalized spacial score (nSPS) is 17.9. The molecule has 1 fully saturated rings. The first-order chi connectivity index (χ1) is 7.50. The van der Waals surface area contributed by atoms with Crippen molar-refractivity contribution in [3.05, 3.63) is 22.4 Å². The third kappa shape index (κ3) is 2.30. The molecule has 0 bridgehead atoms. The van der Waals surface area contributed by atoms with Gasteiger partial charge in [-0.05, 0) is 41.3 Å². The fourth-order valence-corrected chi connectivity index (χ4v) is 2.10. The van der Waals surface area contributed by atoms with Crippen LogP contribution in [0.2, 0.25) is 0 Å². The van der Waals surface area contributed by atoms with Gasteiger partial charge >= 0.3 is 0 Å². The van der Waals surface area contributed by atoms with E-state index in [0.717, 1.165) is 19.3 Å². The molecule has 5 heteroatoms. The van der Waals surface area contributed by atoms with Crippen LogP contribution in [0.15, 0.2) is 16.6 Å². The van der Waals surface area contributed by atoms with Gasteiger partial charge < -0.3 is 16.2 Å². The monoisotopic (exact) mass is 288 g/mol. The quantitative estimate of drug-likeness (QED) is 0.749. The third-order valence-electron chi connectivity index (χ3n) is 2.98. The van der Waals surface area contributed by atoms with Gasteiger partial charge in [-0.25, -0.2) is 4.39 Å². The molecule has 0 amide bonds. The maximum Gasteiger partial charge on any atom is 0.139 e. The number of aliphatic hydroxyl groups is 1. The SMILES string of the molecule is Nc1cc(Br)c(F)cc1NCC1(O)CCC1. The summed E-state index contributed by atoms with van der Waals surface area (Å²) < 4.78 is 13.6. The number of rotatable bonds is 3. The van der Waals surface area contributed by atoms with Crippen LogP contribution in [-0.2, 0) is 0 Å². The van der Waals surface area contributed by atoms with Crippen molar-refractivity contribution in [3.8, 4) is 0 Å². The molecule has 0 radical (unpaired) electrons. The van der Waals surface area contributed by atoms with Crippen molar-refractivity contribution in [2.45, 2.75) is 24.9 Å². The van der Waals surface area contributed by atoms with Gasteiger partial charge in [0, 0.05) is 12.6 Å². The molecular weight excluding hydrogens is 275 g/mol. The molecule has 0 atom stereocenters. The van der Waals surface area contributed by atoms with Gasteiger partial charge in [0.05, 0.1) is 21.4 Å². The molecule has 0 spiro atoms. The molecule has 0 aromatic heterocycles. The van der Waals surface area contributed by atoms with E-state index in [9.17, 15) is 9.50 Å². The van der Waals surface area contributed by atoms with Crippen molar-refractivity contribution >= 4 is 27.3 Å². The summed E-state index contributed by atoms with van der Waals surface area (Å²) in [6.07, 6.45) is 2.63. The minimum atomic E-state index is -0.643. The van der Waals surface area contributed by atoms with Crippen LogP contribution in [-0.4, -0.2) is 17.3 Å². The Morgan fingerprint density at radius 1 is 1.50 bits per heavy atom. The van der Waals surface area contributed by atoms with Crippen LogP contribution in [0.5, 0.6) is 0 Å². The van der Waals surface area contributed by atoms with Gasteiger partial charge in [0.25, 0.3) is 0 Å². The Bertz CT molecular complexity index is 407. The van der Waals surface area contributed by atoms with Gasteiger partial charge in [-0.2, -0.15) is 0 Å². The maximum atomic E-state index is 13.3. The second kappa shape index (κ2) is 4.22. The highest BCUT2D eigenvalue weighted by Crippen LogP contribution is 2.33. The lowest BCUT2D eigenvalue weighted by Crippen LogP contribution is -2.43. The number of nitrogens with one attached hydrogen (secondary N) is 1. The van der Waals surface area contributed by atoms with Crippen LogP contribution >= 0.6 is 15.9 Å². The Kier molecular flexibility index (Phi) is 3.08. The first-order valence-electron chi connectivity index (χ1n) is 5.21. The lowest BCUT2D eigenvalue weighted by atomic mass is 9.80. The smallest absolute Gasteiger partial charge is 0.139 e. The zero-order valence-electron chi connectivity index (χ0n) is 8.76. The van der Waals surface area contributed by atoms with Crippen LogP contribution in [0.25, 0.3) is 0 Å². The zero-order chi connectivity index (χ0) is 11.8. The summed E-state index contributed by atoms with van der Waals surface area (Å²) in [6, 6.07) is 2.85. The molecule has 4 N–H and O–H groups in total. The second-order valence-corrected chi connectivity index (χ2v) is 5.14. The van der Waals surface area contributed by atoms with Crippen molar-refractivity contribution in [2.24, 2.45) is 0 Å². The summed E-state index contributed by atoms with van der Waals surface area (Å²) in [5.41, 5.74) is 6.09. The molecule has 1 aliphatic rings. The zero-order valence-corrected chi connectivity index (χ0v) is 10.3. The van der Waals surface area contributed by atoms with E-state index in [-0.39, 0.29) is 5.82 Å². The van der Waals surface area contributed by atoms with E-state index in [1.54, 1.807) is 0 Å². The fourth-order valence-electron chi connectivity index (χ4n) is 1.74. The minimum Gasteiger partial charge on any atom is -0.397 e. The van der Waals surface area contributed by atoms with E-state index >= 15 is 0 Å². The number of hydrogen-bond donors (Lipinski definition) is 3. The number of halogens is 2. The Morgan fingerprint density at radius 2 is 2.19 bits per heavy atom. The first kappa shape index (κ1) is 11.7. The van der Waals surface area contributed by atoms with Gasteiger partial charge in [-0.3, -0.25) is 0 Å². The van der Waals surface area contributed by atoms with Crippen LogP contribution in [0.1, 0.15) is 19.3 Å². The van der Waals surface area contributed by atoms with Crippen molar-refractivity contribution in [1.29, 1.82) is 0 Å². The number of benzene rings is 1. The van der Waals surface area contributed by atoms with Gasteiger partial charge in [0.1, 0.15) is 5.82 Å². The van der Waals surface area contributed by atoms with E-state index in [4.69, 9.17) is 5.73 Å². The number of nitrogens with two attached hydrogens (primary N) is 1. The van der Waals surface area contributed by atoms with Crippen molar-refractivity contribution in [2.75, 3.05) is 17.6 Å². The lowest BCUT2D eigenvalue weighted by molar-refractivity contribution is -0.0201. The Hall–Kier alpha value is -0.810. The van der Waals surface area contributed by atoms with E-state index in [1.165, 1.54) is 12.1 Å². The Labute approximate surface area is 102 Å². The van der Waals surface area contributed by atoms with Gasteiger partial charge in [0.2, 0.25) is 0 Å². The van der Waals surface area contributed by atoms with Crippen molar-refractivity contribution < 1.29 is 9.50 Å². The number of nitrogen functional groups attached to an aromatic ring is 1. The predicted octanol–water partition coefficient (Wildman–Crippen LogP) is 2.50. The standard InChI is InChI=1S/C11H14BrFN2O/c12-7-4-9(14)10(5-8(7)13)15-6-11(16)2-1-3-11/h4-5,15-16H,1-3,6,14H2. The number of hydrogen-bond acceptors (Lipinski definition) is 3. The first-order valence-corrected chi connectivity index (χ1v) is 6.00. The van der Waals surface area contributed by atoms with E-state index in [0.29, 0.717) is 22.4 Å². The van der Waals surface area contributed by atoms with Gasteiger partial charge in [-0.15, -0.1) is 0 Å². The lowest BCUT2D eigenvalue weighted by Gasteiger charge is -2.37. The molecule has 0 unspecified atom stereocenters. The van der Waals surface area contributed by atoms with E-state index in [2.05, 4.69) is 21.2 Å². The van der Waals surface area contributed by atoms with Crippen LogP contribution in [0.4, 0.5) is 15.8 Å². The molecule has 3 nitrogen and oxygen atoms in total. The highest BCUT2D eigenvalue weighted by atomic mass is 79.9. The summed E-state index contributed by atoms with van der Waals surface area (Å²) in [5, 5.41) is 12.9. The molecule has 2 rings (SSSR count).